The van der Waals surface area contributed by atoms with Crippen LogP contribution in [0.15, 0.2) is 18.2 Å². The second-order valence-electron chi connectivity index (χ2n) is 5.71. The Morgan fingerprint density at radius 2 is 1.81 bits per heavy atom. The van der Waals surface area contributed by atoms with Crippen LogP contribution in [0.3, 0.4) is 0 Å². The van der Waals surface area contributed by atoms with Crippen LogP contribution in [0.1, 0.15) is 32.3 Å². The third kappa shape index (κ3) is 2.31. The smallest absolute Gasteiger partial charge is 0.0600 e. The summed E-state index contributed by atoms with van der Waals surface area (Å²) in [5.41, 5.74) is 9.93. The lowest BCUT2D eigenvalue weighted by molar-refractivity contribution is 0.280. The minimum atomic E-state index is 0.496. The lowest BCUT2D eigenvalue weighted by Gasteiger charge is -2.38. The van der Waals surface area contributed by atoms with Gasteiger partial charge in [0.1, 0.15) is 0 Å². The van der Waals surface area contributed by atoms with E-state index in [0.29, 0.717) is 5.41 Å². The van der Waals surface area contributed by atoms with Gasteiger partial charge in [0.2, 0.25) is 0 Å². The zero-order valence-electron chi connectivity index (χ0n) is 10.6. The first kappa shape index (κ1) is 11.3. The van der Waals surface area contributed by atoms with E-state index in [1.165, 1.54) is 24.1 Å². The molecule has 1 aliphatic rings. The maximum Gasteiger partial charge on any atom is 0.0600 e. The van der Waals surface area contributed by atoms with Crippen molar-refractivity contribution in [2.45, 2.75) is 33.6 Å². The van der Waals surface area contributed by atoms with Gasteiger partial charge in [-0.15, -0.1) is 0 Å². The fourth-order valence-electron chi connectivity index (χ4n) is 2.31. The zero-order chi connectivity index (χ0) is 11.8. The Labute approximate surface area is 98.4 Å². The molecular weight excluding hydrogens is 196 g/mol. The summed E-state index contributed by atoms with van der Waals surface area (Å²) in [4.78, 5) is 2.42. The Balaban J connectivity index is 2.14. The number of rotatable bonds is 1. The van der Waals surface area contributed by atoms with E-state index < -0.39 is 0 Å². The van der Waals surface area contributed by atoms with Crippen LogP contribution in [0.2, 0.25) is 0 Å². The summed E-state index contributed by atoms with van der Waals surface area (Å²) < 4.78 is 0. The highest BCUT2D eigenvalue weighted by molar-refractivity contribution is 5.68. The van der Waals surface area contributed by atoms with Crippen molar-refractivity contribution in [1.82, 2.24) is 0 Å². The molecule has 1 aromatic rings. The Bertz CT molecular complexity index is 372. The quantitative estimate of drug-likeness (QED) is 0.733. The first-order chi connectivity index (χ1) is 7.48. The van der Waals surface area contributed by atoms with Crippen LogP contribution in [0, 0.1) is 12.3 Å². The van der Waals surface area contributed by atoms with Crippen molar-refractivity contribution in [1.29, 1.82) is 0 Å². The summed E-state index contributed by atoms with van der Waals surface area (Å²) in [6.07, 6.45) is 2.50. The van der Waals surface area contributed by atoms with Gasteiger partial charge in [-0.25, -0.2) is 0 Å². The molecule has 0 radical (unpaired) electrons. The lowest BCUT2D eigenvalue weighted by Crippen LogP contribution is -2.37. The summed E-state index contributed by atoms with van der Waals surface area (Å²) in [6, 6.07) is 6.36. The summed E-state index contributed by atoms with van der Waals surface area (Å²) in [7, 11) is 0. The topological polar surface area (TPSA) is 29.3 Å². The number of nitrogens with zero attached hydrogens (tertiary/aromatic N) is 1. The molecule has 1 aliphatic heterocycles. The number of hydrogen-bond acceptors (Lipinski definition) is 2. The number of aryl methyl sites for hydroxylation is 1. The average Bonchev–Trinajstić information content (AvgIpc) is 2.19. The highest BCUT2D eigenvalue weighted by Gasteiger charge is 2.25. The zero-order valence-corrected chi connectivity index (χ0v) is 10.6. The molecule has 0 amide bonds. The van der Waals surface area contributed by atoms with Gasteiger partial charge >= 0.3 is 0 Å². The van der Waals surface area contributed by atoms with Crippen LogP contribution < -0.4 is 10.6 Å². The molecular formula is C14H22N2. The Kier molecular flexibility index (Phi) is 2.83. The van der Waals surface area contributed by atoms with E-state index in [1.54, 1.807) is 0 Å². The number of nitrogens with two attached hydrogens (primary N) is 1. The fraction of sp³-hybridized carbons (Fsp3) is 0.571. The Morgan fingerprint density at radius 3 is 2.38 bits per heavy atom. The van der Waals surface area contributed by atoms with E-state index in [1.807, 2.05) is 0 Å². The van der Waals surface area contributed by atoms with Crippen LogP contribution >= 0.6 is 0 Å². The number of piperidine rings is 1. The monoisotopic (exact) mass is 218 g/mol. The lowest BCUT2D eigenvalue weighted by atomic mass is 9.82. The van der Waals surface area contributed by atoms with Gasteiger partial charge in [-0.05, 0) is 42.9 Å². The number of benzene rings is 1. The van der Waals surface area contributed by atoms with E-state index in [0.717, 1.165) is 18.8 Å². The van der Waals surface area contributed by atoms with Crippen LogP contribution in [0.4, 0.5) is 11.4 Å². The van der Waals surface area contributed by atoms with Gasteiger partial charge in [0, 0.05) is 13.1 Å². The normalized spacial score (nSPS) is 19.8. The summed E-state index contributed by atoms with van der Waals surface area (Å²) in [5, 5.41) is 0. The van der Waals surface area contributed by atoms with Crippen molar-refractivity contribution in [3.8, 4) is 0 Å². The van der Waals surface area contributed by atoms with E-state index in [2.05, 4.69) is 43.9 Å². The third-order valence-electron chi connectivity index (χ3n) is 3.64. The van der Waals surface area contributed by atoms with E-state index in [4.69, 9.17) is 5.73 Å². The molecule has 0 bridgehead atoms. The molecule has 1 saturated heterocycles. The molecule has 0 saturated carbocycles. The SMILES string of the molecule is Cc1ccc(N2CCC(C)(C)CC2)c(N)c1. The average molecular weight is 218 g/mol. The molecule has 0 unspecified atom stereocenters. The Hall–Kier alpha value is -1.18. The van der Waals surface area contributed by atoms with Gasteiger partial charge in [-0.2, -0.15) is 0 Å². The molecule has 2 nitrogen and oxygen atoms in total. The minimum Gasteiger partial charge on any atom is -0.397 e. The predicted molar refractivity (Wildman–Crippen MR) is 70.8 cm³/mol. The molecule has 0 aromatic heterocycles. The minimum absolute atomic E-state index is 0.496. The van der Waals surface area contributed by atoms with Crippen molar-refractivity contribution in [2.75, 3.05) is 23.7 Å². The second-order valence-corrected chi connectivity index (χ2v) is 5.71. The highest BCUT2D eigenvalue weighted by atomic mass is 15.1. The van der Waals surface area contributed by atoms with Gasteiger partial charge in [0.25, 0.3) is 0 Å². The first-order valence-electron chi connectivity index (χ1n) is 6.09. The first-order valence-corrected chi connectivity index (χ1v) is 6.09. The van der Waals surface area contributed by atoms with Crippen LogP contribution in [-0.2, 0) is 0 Å². The number of anilines is 2. The standard InChI is InChI=1S/C14H22N2/c1-11-4-5-13(12(15)10-11)16-8-6-14(2,3)7-9-16/h4-5,10H,6-9,15H2,1-3H3. The van der Waals surface area contributed by atoms with Crippen molar-refractivity contribution >= 4 is 11.4 Å². The van der Waals surface area contributed by atoms with Gasteiger partial charge in [0.05, 0.1) is 11.4 Å². The van der Waals surface area contributed by atoms with E-state index in [-0.39, 0.29) is 0 Å². The summed E-state index contributed by atoms with van der Waals surface area (Å²) in [5.74, 6) is 0. The highest BCUT2D eigenvalue weighted by Crippen LogP contribution is 2.34. The fourth-order valence-corrected chi connectivity index (χ4v) is 2.31. The molecule has 0 atom stereocenters. The van der Waals surface area contributed by atoms with Crippen LogP contribution in [0.25, 0.3) is 0 Å². The maximum atomic E-state index is 6.08. The van der Waals surface area contributed by atoms with Crippen LogP contribution in [-0.4, -0.2) is 13.1 Å². The van der Waals surface area contributed by atoms with Crippen molar-refractivity contribution in [3.63, 3.8) is 0 Å². The van der Waals surface area contributed by atoms with Crippen molar-refractivity contribution in [2.24, 2.45) is 5.41 Å². The maximum absolute atomic E-state index is 6.08. The van der Waals surface area contributed by atoms with E-state index >= 15 is 0 Å². The summed E-state index contributed by atoms with van der Waals surface area (Å²) >= 11 is 0. The molecule has 1 fully saturated rings. The molecule has 16 heavy (non-hydrogen) atoms. The molecule has 0 aliphatic carbocycles. The van der Waals surface area contributed by atoms with Gasteiger partial charge in [-0.1, -0.05) is 19.9 Å². The third-order valence-corrected chi connectivity index (χ3v) is 3.64. The molecule has 2 heteroatoms. The Morgan fingerprint density at radius 1 is 1.19 bits per heavy atom. The van der Waals surface area contributed by atoms with Crippen molar-refractivity contribution in [3.05, 3.63) is 23.8 Å². The van der Waals surface area contributed by atoms with Gasteiger partial charge in [-0.3, -0.25) is 0 Å². The number of nitrogen functional groups attached to an aromatic ring is 1. The molecule has 2 rings (SSSR count). The van der Waals surface area contributed by atoms with Crippen molar-refractivity contribution < 1.29 is 0 Å². The second kappa shape index (κ2) is 4.00. The largest absolute Gasteiger partial charge is 0.397 e. The molecule has 1 aromatic carbocycles. The van der Waals surface area contributed by atoms with Gasteiger partial charge < -0.3 is 10.6 Å². The molecule has 1 heterocycles. The van der Waals surface area contributed by atoms with E-state index in [9.17, 15) is 0 Å². The molecule has 88 valence electrons. The predicted octanol–water partition coefficient (Wildman–Crippen LogP) is 3.20. The van der Waals surface area contributed by atoms with Gasteiger partial charge in [0.15, 0.2) is 0 Å². The summed E-state index contributed by atoms with van der Waals surface area (Å²) in [6.45, 7) is 9.03. The molecule has 0 spiro atoms. The molecule has 2 N–H and O–H groups in total. The number of hydrogen-bond donors (Lipinski definition) is 1. The van der Waals surface area contributed by atoms with Crippen LogP contribution in [0.5, 0.6) is 0 Å².